The van der Waals surface area contributed by atoms with Gasteiger partial charge in [-0.1, -0.05) is 0 Å². The fraction of sp³-hybridized carbons (Fsp3) is 0.750. The van der Waals surface area contributed by atoms with Gasteiger partial charge in [0.25, 0.3) is 0 Å². The van der Waals surface area contributed by atoms with Crippen LogP contribution in [0.15, 0.2) is 12.4 Å². The predicted octanol–water partition coefficient (Wildman–Crippen LogP) is 1.41. The van der Waals surface area contributed by atoms with Gasteiger partial charge in [-0.05, 0) is 19.8 Å². The zero-order chi connectivity index (χ0) is 13.0. The Balaban J connectivity index is 2.01. The van der Waals surface area contributed by atoms with Crippen molar-refractivity contribution in [3.05, 3.63) is 12.4 Å². The molecule has 0 aromatic carbocycles. The number of aromatic nitrogens is 2. The second-order valence-corrected chi connectivity index (χ2v) is 6.43. The van der Waals surface area contributed by atoms with Gasteiger partial charge in [0.15, 0.2) is 0 Å². The molecule has 0 radical (unpaired) electrons. The van der Waals surface area contributed by atoms with Gasteiger partial charge >= 0.3 is 0 Å². The molecule has 102 valence electrons. The summed E-state index contributed by atoms with van der Waals surface area (Å²) < 4.78 is 18.7. The van der Waals surface area contributed by atoms with E-state index in [1.807, 2.05) is 12.4 Å². The van der Waals surface area contributed by atoms with E-state index >= 15 is 0 Å². The number of methoxy groups -OCH3 is 1. The molecule has 1 saturated heterocycles. The Kier molecular flexibility index (Phi) is 4.77. The molecule has 0 bridgehead atoms. The second kappa shape index (κ2) is 6.33. The predicted molar refractivity (Wildman–Crippen MR) is 73.3 cm³/mol. The van der Waals surface area contributed by atoms with Crippen LogP contribution in [0.4, 0.5) is 5.95 Å². The van der Waals surface area contributed by atoms with Crippen LogP contribution in [-0.2, 0) is 15.5 Å². The smallest absolute Gasteiger partial charge is 0.203 e. The van der Waals surface area contributed by atoms with E-state index in [1.54, 1.807) is 7.11 Å². The average molecular weight is 271 g/mol. The molecule has 1 aromatic rings. The van der Waals surface area contributed by atoms with Crippen molar-refractivity contribution in [3.63, 3.8) is 0 Å². The molecule has 0 saturated carbocycles. The highest BCUT2D eigenvalue weighted by atomic mass is 32.2. The summed E-state index contributed by atoms with van der Waals surface area (Å²) >= 11 is 0. The highest BCUT2D eigenvalue weighted by Crippen LogP contribution is 2.25. The normalized spacial score (nSPS) is 25.9. The Morgan fingerprint density at radius 1 is 1.61 bits per heavy atom. The number of nitrogens with zero attached hydrogens (tertiary/aromatic N) is 2. The molecule has 0 amide bonds. The summed E-state index contributed by atoms with van der Waals surface area (Å²) in [7, 11) is 1.08. The molecule has 1 aromatic heterocycles. The van der Waals surface area contributed by atoms with Gasteiger partial charge < -0.3 is 14.6 Å². The summed E-state index contributed by atoms with van der Waals surface area (Å²) in [6.45, 7) is 2.72. The van der Waals surface area contributed by atoms with Crippen LogP contribution >= 0.6 is 0 Å². The lowest BCUT2D eigenvalue weighted by molar-refractivity contribution is 0.190. The number of hydrogen-bond donors (Lipinski definition) is 1. The van der Waals surface area contributed by atoms with Crippen molar-refractivity contribution in [2.75, 3.05) is 30.5 Å². The van der Waals surface area contributed by atoms with Crippen LogP contribution < -0.4 is 5.32 Å². The number of ether oxygens (including phenoxy) is 1. The van der Waals surface area contributed by atoms with E-state index in [2.05, 4.69) is 21.8 Å². The molecule has 0 spiro atoms. The van der Waals surface area contributed by atoms with E-state index in [9.17, 15) is 4.21 Å². The van der Waals surface area contributed by atoms with Crippen molar-refractivity contribution >= 4 is 16.7 Å². The summed E-state index contributed by atoms with van der Waals surface area (Å²) in [4.78, 5) is 4.35. The fourth-order valence-corrected chi connectivity index (χ4v) is 3.57. The Labute approximate surface area is 110 Å². The van der Waals surface area contributed by atoms with Gasteiger partial charge in [0.2, 0.25) is 5.95 Å². The van der Waals surface area contributed by atoms with Crippen molar-refractivity contribution in [1.29, 1.82) is 0 Å². The Bertz CT molecular complexity index is 398. The number of rotatable bonds is 5. The largest absolute Gasteiger partial charge is 0.383 e. The number of imidazole rings is 1. The van der Waals surface area contributed by atoms with Gasteiger partial charge in [-0.2, -0.15) is 0 Å². The zero-order valence-corrected chi connectivity index (χ0v) is 11.8. The third-order valence-corrected chi connectivity index (χ3v) is 4.59. The zero-order valence-electron chi connectivity index (χ0n) is 11.0. The lowest BCUT2D eigenvalue weighted by Crippen LogP contribution is -2.26. The van der Waals surface area contributed by atoms with E-state index in [-0.39, 0.29) is 6.04 Å². The number of anilines is 1. The molecule has 2 rings (SSSR count). The van der Waals surface area contributed by atoms with Gasteiger partial charge in [0.1, 0.15) is 0 Å². The van der Waals surface area contributed by atoms with Crippen LogP contribution in [0.25, 0.3) is 0 Å². The van der Waals surface area contributed by atoms with E-state index in [0.717, 1.165) is 30.3 Å². The van der Waals surface area contributed by atoms with Crippen LogP contribution in [0.3, 0.4) is 0 Å². The maximum atomic E-state index is 11.4. The minimum atomic E-state index is -0.617. The van der Waals surface area contributed by atoms with E-state index in [1.165, 1.54) is 0 Å². The molecule has 1 atom stereocenters. The van der Waals surface area contributed by atoms with Crippen LogP contribution in [0.1, 0.15) is 25.8 Å². The van der Waals surface area contributed by atoms with Crippen molar-refractivity contribution in [3.8, 4) is 0 Å². The average Bonchev–Trinajstić information content (AvgIpc) is 2.78. The van der Waals surface area contributed by atoms with Crippen molar-refractivity contribution in [1.82, 2.24) is 9.55 Å². The van der Waals surface area contributed by atoms with Crippen LogP contribution in [0, 0.1) is 0 Å². The van der Waals surface area contributed by atoms with Gasteiger partial charge in [0, 0.05) is 53.9 Å². The first-order valence-corrected chi connectivity index (χ1v) is 7.82. The molecular formula is C12H21N3O2S. The highest BCUT2D eigenvalue weighted by molar-refractivity contribution is 7.85. The van der Waals surface area contributed by atoms with Crippen molar-refractivity contribution < 1.29 is 8.95 Å². The highest BCUT2D eigenvalue weighted by Gasteiger charge is 2.21. The Hall–Kier alpha value is -0.880. The van der Waals surface area contributed by atoms with Crippen molar-refractivity contribution in [2.24, 2.45) is 0 Å². The van der Waals surface area contributed by atoms with Gasteiger partial charge in [0.05, 0.1) is 6.61 Å². The SMILES string of the molecule is COCC(C)Nc1nccn1C1CCS(=O)CC1. The quantitative estimate of drug-likeness (QED) is 0.880. The lowest BCUT2D eigenvalue weighted by Gasteiger charge is -2.25. The molecule has 0 aliphatic carbocycles. The van der Waals surface area contributed by atoms with Crippen molar-refractivity contribution in [2.45, 2.75) is 31.8 Å². The maximum absolute atomic E-state index is 11.4. The third-order valence-electron chi connectivity index (χ3n) is 3.21. The minimum absolute atomic E-state index is 0.230. The van der Waals surface area contributed by atoms with Gasteiger partial charge in [-0.25, -0.2) is 4.98 Å². The summed E-state index contributed by atoms with van der Waals surface area (Å²) in [5.41, 5.74) is 0. The molecule has 18 heavy (non-hydrogen) atoms. The van der Waals surface area contributed by atoms with Crippen LogP contribution in [0.2, 0.25) is 0 Å². The summed E-state index contributed by atoms with van der Waals surface area (Å²) in [5.74, 6) is 2.49. The Morgan fingerprint density at radius 2 is 2.33 bits per heavy atom. The fourth-order valence-electron chi connectivity index (χ4n) is 2.29. The number of hydrogen-bond acceptors (Lipinski definition) is 4. The summed E-state index contributed by atoms with van der Waals surface area (Å²) in [5, 5.41) is 3.35. The monoisotopic (exact) mass is 271 g/mol. The molecule has 2 heterocycles. The first kappa shape index (κ1) is 13.5. The van der Waals surface area contributed by atoms with Crippen LogP contribution in [0.5, 0.6) is 0 Å². The molecule has 1 fully saturated rings. The molecular weight excluding hydrogens is 250 g/mol. The molecule has 1 unspecified atom stereocenters. The molecule has 1 aliphatic heterocycles. The minimum Gasteiger partial charge on any atom is -0.383 e. The first-order chi connectivity index (χ1) is 8.70. The summed E-state index contributed by atoms with van der Waals surface area (Å²) in [6, 6.07) is 0.649. The third kappa shape index (κ3) is 3.32. The lowest BCUT2D eigenvalue weighted by atomic mass is 10.1. The summed E-state index contributed by atoms with van der Waals surface area (Å²) in [6.07, 6.45) is 5.75. The molecule has 5 nitrogen and oxygen atoms in total. The topological polar surface area (TPSA) is 56.1 Å². The standard InChI is InChI=1S/C12H21N3O2S/c1-10(9-17-2)14-12-13-5-6-15(12)11-3-7-18(16)8-4-11/h5-6,10-11H,3-4,7-9H2,1-2H3,(H,13,14). The van der Waals surface area contributed by atoms with Gasteiger partial charge in [-0.3, -0.25) is 4.21 Å². The van der Waals surface area contributed by atoms with Crippen LogP contribution in [-0.4, -0.2) is 45.0 Å². The van der Waals surface area contributed by atoms with E-state index in [4.69, 9.17) is 4.74 Å². The molecule has 1 aliphatic rings. The second-order valence-electron chi connectivity index (χ2n) is 4.74. The van der Waals surface area contributed by atoms with Gasteiger partial charge in [-0.15, -0.1) is 0 Å². The maximum Gasteiger partial charge on any atom is 0.203 e. The molecule has 1 N–H and O–H groups in total. The Morgan fingerprint density at radius 3 is 3.00 bits per heavy atom. The van der Waals surface area contributed by atoms with E-state index < -0.39 is 10.8 Å². The van der Waals surface area contributed by atoms with E-state index in [0.29, 0.717) is 12.6 Å². The first-order valence-electron chi connectivity index (χ1n) is 6.34. The number of nitrogens with one attached hydrogen (secondary N) is 1. The molecule has 6 heteroatoms.